The molecule has 2 aromatic rings. The van der Waals surface area contributed by atoms with Crippen LogP contribution in [0.2, 0.25) is 0 Å². The first kappa shape index (κ1) is 17.2. The minimum atomic E-state index is -0.128. The molecule has 1 fully saturated rings. The summed E-state index contributed by atoms with van der Waals surface area (Å²) in [5.74, 6) is 0.716. The van der Waals surface area contributed by atoms with E-state index in [1.807, 2.05) is 37.3 Å². The topological polar surface area (TPSA) is 71.5 Å². The van der Waals surface area contributed by atoms with Gasteiger partial charge in [-0.1, -0.05) is 18.2 Å². The zero-order chi connectivity index (χ0) is 17.6. The van der Waals surface area contributed by atoms with E-state index in [0.29, 0.717) is 44.8 Å². The number of nitrogens with one attached hydrogen (secondary N) is 1. The summed E-state index contributed by atoms with van der Waals surface area (Å²) in [6.45, 7) is 3.91. The van der Waals surface area contributed by atoms with Crippen LogP contribution in [0.15, 0.2) is 36.5 Å². The Balaban J connectivity index is 1.48. The molecule has 1 atom stereocenters. The number of benzene rings is 1. The van der Waals surface area contributed by atoms with Gasteiger partial charge >= 0.3 is 0 Å². The molecule has 3 rings (SSSR count). The molecule has 1 aliphatic heterocycles. The number of ether oxygens (including phenoxy) is 1. The lowest BCUT2D eigenvalue weighted by atomic mass is 9.96. The van der Waals surface area contributed by atoms with E-state index in [9.17, 15) is 9.59 Å². The molecule has 1 saturated heterocycles. The molecule has 0 bridgehead atoms. The third kappa shape index (κ3) is 4.07. The number of aromatic nitrogens is 1. The van der Waals surface area contributed by atoms with E-state index in [-0.39, 0.29) is 17.7 Å². The van der Waals surface area contributed by atoms with E-state index < -0.39 is 0 Å². The number of amides is 2. The molecule has 0 spiro atoms. The highest BCUT2D eigenvalue weighted by Gasteiger charge is 2.28. The molecule has 1 N–H and O–H groups in total. The maximum atomic E-state index is 12.3. The highest BCUT2D eigenvalue weighted by molar-refractivity contribution is 5.84. The van der Waals surface area contributed by atoms with Gasteiger partial charge in [0, 0.05) is 31.1 Å². The molecule has 0 saturated carbocycles. The van der Waals surface area contributed by atoms with E-state index in [1.54, 1.807) is 11.1 Å². The van der Waals surface area contributed by atoms with Crippen molar-refractivity contribution < 1.29 is 14.3 Å². The van der Waals surface area contributed by atoms with E-state index >= 15 is 0 Å². The summed E-state index contributed by atoms with van der Waals surface area (Å²) in [7, 11) is 0. The van der Waals surface area contributed by atoms with Crippen molar-refractivity contribution in [2.45, 2.75) is 19.8 Å². The predicted molar refractivity (Wildman–Crippen MR) is 95.2 cm³/mol. The number of fused-ring (bicyclic) bond motifs is 1. The van der Waals surface area contributed by atoms with Crippen LogP contribution < -0.4 is 10.1 Å². The number of rotatable bonds is 6. The molecule has 6 heteroatoms. The van der Waals surface area contributed by atoms with Crippen molar-refractivity contribution >= 4 is 22.7 Å². The first-order valence-corrected chi connectivity index (χ1v) is 8.71. The van der Waals surface area contributed by atoms with Gasteiger partial charge in [0.1, 0.15) is 17.9 Å². The third-order valence-corrected chi connectivity index (χ3v) is 4.51. The predicted octanol–water partition coefficient (Wildman–Crippen LogP) is 1.99. The second kappa shape index (κ2) is 7.96. The van der Waals surface area contributed by atoms with E-state index in [2.05, 4.69) is 10.3 Å². The molecule has 2 heterocycles. The average Bonchev–Trinajstić information content (AvgIpc) is 2.65. The number of hydrogen-bond acceptors (Lipinski definition) is 4. The molecule has 1 aromatic carbocycles. The van der Waals surface area contributed by atoms with Gasteiger partial charge in [0.25, 0.3) is 0 Å². The van der Waals surface area contributed by atoms with Crippen LogP contribution in [0.25, 0.3) is 10.9 Å². The number of piperidine rings is 1. The van der Waals surface area contributed by atoms with Crippen LogP contribution in [-0.4, -0.2) is 47.9 Å². The lowest BCUT2D eigenvalue weighted by Gasteiger charge is -2.31. The molecule has 132 valence electrons. The zero-order valence-corrected chi connectivity index (χ0v) is 14.4. The normalized spacial score (nSPS) is 17.6. The first-order valence-electron chi connectivity index (χ1n) is 8.71. The average molecular weight is 341 g/mol. The highest BCUT2D eigenvalue weighted by Crippen LogP contribution is 2.22. The van der Waals surface area contributed by atoms with Gasteiger partial charge in [-0.15, -0.1) is 0 Å². The summed E-state index contributed by atoms with van der Waals surface area (Å²) in [4.78, 5) is 30.0. The largest absolute Gasteiger partial charge is 0.489 e. The van der Waals surface area contributed by atoms with Gasteiger partial charge in [-0.05, 0) is 25.5 Å². The van der Waals surface area contributed by atoms with Gasteiger partial charge in [0.2, 0.25) is 11.8 Å². The van der Waals surface area contributed by atoms with E-state index in [4.69, 9.17) is 4.74 Å². The molecule has 25 heavy (non-hydrogen) atoms. The number of para-hydroxylation sites is 1. The molecular formula is C19H23N3O3. The SMILES string of the molecule is CCN1CC(C(=O)NCCOc2cccc3cccnc23)CCC1=O. The molecule has 1 unspecified atom stereocenters. The fourth-order valence-corrected chi connectivity index (χ4v) is 3.11. The Morgan fingerprint density at radius 1 is 1.36 bits per heavy atom. The van der Waals surface area contributed by atoms with Crippen molar-refractivity contribution in [1.29, 1.82) is 0 Å². The summed E-state index contributed by atoms with van der Waals surface area (Å²) < 4.78 is 5.77. The monoisotopic (exact) mass is 341 g/mol. The lowest BCUT2D eigenvalue weighted by molar-refractivity contribution is -0.138. The number of pyridine rings is 1. The number of likely N-dealkylation sites (tertiary alicyclic amines) is 1. The van der Waals surface area contributed by atoms with Crippen LogP contribution >= 0.6 is 0 Å². The second-order valence-corrected chi connectivity index (χ2v) is 6.14. The van der Waals surface area contributed by atoms with Crippen LogP contribution in [0.1, 0.15) is 19.8 Å². The summed E-state index contributed by atoms with van der Waals surface area (Å²) in [5.41, 5.74) is 0.820. The van der Waals surface area contributed by atoms with Crippen LogP contribution in [0.4, 0.5) is 0 Å². The van der Waals surface area contributed by atoms with E-state index in [0.717, 1.165) is 10.9 Å². The van der Waals surface area contributed by atoms with Crippen molar-refractivity contribution in [2.24, 2.45) is 5.92 Å². The van der Waals surface area contributed by atoms with Gasteiger partial charge < -0.3 is 15.0 Å². The van der Waals surface area contributed by atoms with Gasteiger partial charge in [-0.3, -0.25) is 14.6 Å². The Labute approximate surface area is 147 Å². The molecular weight excluding hydrogens is 318 g/mol. The fraction of sp³-hybridized carbons (Fsp3) is 0.421. The summed E-state index contributed by atoms with van der Waals surface area (Å²) in [6.07, 6.45) is 2.81. The molecule has 0 radical (unpaired) electrons. The maximum absolute atomic E-state index is 12.3. The van der Waals surface area contributed by atoms with Gasteiger partial charge in [-0.2, -0.15) is 0 Å². The number of carbonyl (C=O) groups is 2. The van der Waals surface area contributed by atoms with Crippen molar-refractivity contribution in [3.8, 4) is 5.75 Å². The minimum Gasteiger partial charge on any atom is -0.489 e. The number of carbonyl (C=O) groups excluding carboxylic acids is 2. The van der Waals surface area contributed by atoms with E-state index in [1.165, 1.54) is 0 Å². The lowest BCUT2D eigenvalue weighted by Crippen LogP contribution is -2.46. The van der Waals surface area contributed by atoms with Crippen LogP contribution in [0.3, 0.4) is 0 Å². The summed E-state index contributed by atoms with van der Waals surface area (Å²) in [6, 6.07) is 9.67. The standard InChI is InChI=1S/C19H23N3O3/c1-2-22-13-15(8-9-17(22)23)19(24)21-11-12-25-16-7-3-5-14-6-4-10-20-18(14)16/h3-7,10,15H,2,8-9,11-13H2,1H3,(H,21,24). The molecule has 6 nitrogen and oxygen atoms in total. The Kier molecular flexibility index (Phi) is 5.48. The second-order valence-electron chi connectivity index (χ2n) is 6.14. The van der Waals surface area contributed by atoms with Gasteiger partial charge in [0.05, 0.1) is 12.5 Å². The Morgan fingerprint density at radius 2 is 2.20 bits per heavy atom. The third-order valence-electron chi connectivity index (χ3n) is 4.51. The molecule has 2 amide bonds. The minimum absolute atomic E-state index is 0.00871. The Morgan fingerprint density at radius 3 is 3.04 bits per heavy atom. The number of hydrogen-bond donors (Lipinski definition) is 1. The summed E-state index contributed by atoms with van der Waals surface area (Å²) >= 11 is 0. The smallest absolute Gasteiger partial charge is 0.225 e. The van der Waals surface area contributed by atoms with Gasteiger partial charge in [0.15, 0.2) is 0 Å². The van der Waals surface area contributed by atoms with Crippen LogP contribution in [0.5, 0.6) is 5.75 Å². The number of nitrogens with zero attached hydrogens (tertiary/aromatic N) is 2. The van der Waals surface area contributed by atoms with Crippen molar-refractivity contribution in [3.63, 3.8) is 0 Å². The van der Waals surface area contributed by atoms with Crippen molar-refractivity contribution in [3.05, 3.63) is 36.5 Å². The van der Waals surface area contributed by atoms with Crippen LogP contribution in [-0.2, 0) is 9.59 Å². The maximum Gasteiger partial charge on any atom is 0.225 e. The highest BCUT2D eigenvalue weighted by atomic mass is 16.5. The van der Waals surface area contributed by atoms with Crippen molar-refractivity contribution in [1.82, 2.24) is 15.2 Å². The quantitative estimate of drug-likeness (QED) is 0.816. The van der Waals surface area contributed by atoms with Crippen LogP contribution in [0, 0.1) is 5.92 Å². The Hall–Kier alpha value is -2.63. The zero-order valence-electron chi connectivity index (χ0n) is 14.4. The summed E-state index contributed by atoms with van der Waals surface area (Å²) in [5, 5.41) is 3.93. The molecule has 1 aliphatic rings. The first-order chi connectivity index (χ1) is 12.2. The molecule has 0 aliphatic carbocycles. The van der Waals surface area contributed by atoms with Gasteiger partial charge in [-0.25, -0.2) is 0 Å². The van der Waals surface area contributed by atoms with Crippen molar-refractivity contribution in [2.75, 3.05) is 26.2 Å². The fourth-order valence-electron chi connectivity index (χ4n) is 3.11. The Bertz CT molecular complexity index is 757. The molecule has 1 aromatic heterocycles.